The molecule has 0 saturated heterocycles. The Kier molecular flexibility index (Phi) is 4.76. The number of rotatable bonds is 5. The summed E-state index contributed by atoms with van der Waals surface area (Å²) >= 11 is 0. The third-order valence-corrected chi connectivity index (χ3v) is 2.55. The molecule has 0 aliphatic heterocycles. The van der Waals surface area contributed by atoms with Crippen molar-refractivity contribution in [3.63, 3.8) is 0 Å². The average molecular weight is 251 g/mol. The molecule has 1 aromatic rings. The smallest absolute Gasteiger partial charge is 0.326 e. The van der Waals surface area contributed by atoms with Crippen molar-refractivity contribution in [2.24, 2.45) is 0 Å². The van der Waals surface area contributed by atoms with Crippen LogP contribution in [0.25, 0.3) is 0 Å². The van der Waals surface area contributed by atoms with Crippen LogP contribution < -0.4 is 5.32 Å². The molecule has 1 aromatic heterocycles. The third-order valence-electron chi connectivity index (χ3n) is 2.55. The third kappa shape index (κ3) is 3.26. The Morgan fingerprint density at radius 1 is 1.44 bits per heavy atom. The molecule has 1 atom stereocenters. The minimum absolute atomic E-state index is 0.0682. The van der Waals surface area contributed by atoms with Gasteiger partial charge < -0.3 is 10.4 Å². The van der Waals surface area contributed by atoms with Gasteiger partial charge in [0, 0.05) is 6.20 Å². The van der Waals surface area contributed by atoms with E-state index in [1.165, 1.54) is 12.5 Å². The Bertz CT molecular complexity index is 446. The van der Waals surface area contributed by atoms with Gasteiger partial charge in [-0.2, -0.15) is 0 Å². The molecule has 2 N–H and O–H groups in total. The van der Waals surface area contributed by atoms with Gasteiger partial charge in [-0.1, -0.05) is 20.8 Å². The first kappa shape index (κ1) is 14.1. The first-order valence-electron chi connectivity index (χ1n) is 5.80. The Morgan fingerprint density at radius 3 is 2.61 bits per heavy atom. The molecule has 18 heavy (non-hydrogen) atoms. The molecular weight excluding hydrogens is 234 g/mol. The number of carboxylic acid groups (broad SMARTS) is 1. The predicted molar refractivity (Wildman–Crippen MR) is 65.3 cm³/mol. The first-order valence-corrected chi connectivity index (χ1v) is 5.80. The van der Waals surface area contributed by atoms with E-state index in [-0.39, 0.29) is 5.92 Å². The molecule has 1 heterocycles. The topological polar surface area (TPSA) is 92.2 Å². The van der Waals surface area contributed by atoms with Crippen LogP contribution in [0.2, 0.25) is 0 Å². The van der Waals surface area contributed by atoms with E-state index in [0.29, 0.717) is 17.7 Å². The van der Waals surface area contributed by atoms with Gasteiger partial charge in [-0.3, -0.25) is 4.79 Å². The van der Waals surface area contributed by atoms with Gasteiger partial charge >= 0.3 is 5.97 Å². The van der Waals surface area contributed by atoms with Crippen LogP contribution in [0.15, 0.2) is 12.5 Å². The van der Waals surface area contributed by atoms with Crippen LogP contribution >= 0.6 is 0 Å². The second-order valence-corrected chi connectivity index (χ2v) is 4.25. The lowest BCUT2D eigenvalue weighted by Gasteiger charge is -2.14. The van der Waals surface area contributed by atoms with Crippen LogP contribution in [0.1, 0.15) is 49.2 Å². The van der Waals surface area contributed by atoms with Gasteiger partial charge in [-0.15, -0.1) is 0 Å². The van der Waals surface area contributed by atoms with Crippen LogP contribution in [0.5, 0.6) is 0 Å². The minimum atomic E-state index is -1.05. The summed E-state index contributed by atoms with van der Waals surface area (Å²) in [6, 6.07) is -0.891. The maximum atomic E-state index is 12.0. The fourth-order valence-corrected chi connectivity index (χ4v) is 1.55. The highest BCUT2D eigenvalue weighted by Crippen LogP contribution is 2.15. The summed E-state index contributed by atoms with van der Waals surface area (Å²) in [4.78, 5) is 30.7. The van der Waals surface area contributed by atoms with Crippen molar-refractivity contribution in [2.75, 3.05) is 0 Å². The molecule has 0 aliphatic carbocycles. The second-order valence-electron chi connectivity index (χ2n) is 4.25. The highest BCUT2D eigenvalue weighted by atomic mass is 16.4. The number of carboxylic acids is 1. The first-order chi connectivity index (χ1) is 8.47. The monoisotopic (exact) mass is 251 g/mol. The Hall–Kier alpha value is -1.98. The predicted octanol–water partition coefficient (Wildman–Crippen LogP) is 1.19. The van der Waals surface area contributed by atoms with Crippen molar-refractivity contribution in [1.82, 2.24) is 15.3 Å². The lowest BCUT2D eigenvalue weighted by Crippen LogP contribution is -2.40. The number of nitrogens with zero attached hydrogens (tertiary/aromatic N) is 2. The van der Waals surface area contributed by atoms with Gasteiger partial charge in [0.2, 0.25) is 0 Å². The molecule has 0 spiro atoms. The second kappa shape index (κ2) is 6.09. The van der Waals surface area contributed by atoms with Crippen LogP contribution in [-0.4, -0.2) is 33.0 Å². The van der Waals surface area contributed by atoms with Crippen LogP contribution in [0, 0.1) is 0 Å². The molecule has 98 valence electrons. The highest BCUT2D eigenvalue weighted by molar-refractivity contribution is 5.97. The van der Waals surface area contributed by atoms with Gasteiger partial charge in [0.1, 0.15) is 12.4 Å². The molecule has 0 bridgehead atoms. The van der Waals surface area contributed by atoms with Gasteiger partial charge in [0.05, 0.1) is 11.3 Å². The number of aliphatic carboxylic acids is 1. The lowest BCUT2D eigenvalue weighted by molar-refractivity contribution is -0.139. The van der Waals surface area contributed by atoms with Gasteiger partial charge in [-0.05, 0) is 12.3 Å². The van der Waals surface area contributed by atoms with Crippen LogP contribution in [0.4, 0.5) is 0 Å². The summed E-state index contributed by atoms with van der Waals surface area (Å²) in [5.41, 5.74) is 0.940. The zero-order valence-electron chi connectivity index (χ0n) is 10.7. The number of aromatic nitrogens is 2. The summed E-state index contributed by atoms with van der Waals surface area (Å²) in [5.74, 6) is -1.43. The van der Waals surface area contributed by atoms with E-state index in [9.17, 15) is 9.59 Å². The van der Waals surface area contributed by atoms with E-state index in [4.69, 9.17) is 5.11 Å². The number of amides is 1. The van der Waals surface area contributed by atoms with Crippen LogP contribution in [0.3, 0.4) is 0 Å². The molecule has 0 aromatic carbocycles. The largest absolute Gasteiger partial charge is 0.480 e. The number of carbonyl (C=O) groups is 2. The molecule has 6 heteroatoms. The number of hydrogen-bond acceptors (Lipinski definition) is 4. The average Bonchev–Trinajstić information content (AvgIpc) is 2.35. The Morgan fingerprint density at radius 2 is 2.11 bits per heavy atom. The summed E-state index contributed by atoms with van der Waals surface area (Å²) in [6.07, 6.45) is 3.11. The van der Waals surface area contributed by atoms with Gasteiger partial charge in [0.15, 0.2) is 0 Å². The van der Waals surface area contributed by atoms with Crippen molar-refractivity contribution in [3.8, 4) is 0 Å². The SMILES string of the molecule is CCC(NC(=O)c1cncnc1C(C)C)C(=O)O. The molecule has 1 rings (SSSR count). The number of carbonyl (C=O) groups excluding carboxylic acids is 1. The maximum Gasteiger partial charge on any atom is 0.326 e. The van der Waals surface area contributed by atoms with Crippen molar-refractivity contribution in [3.05, 3.63) is 23.8 Å². The van der Waals surface area contributed by atoms with E-state index in [1.807, 2.05) is 13.8 Å². The zero-order chi connectivity index (χ0) is 13.7. The van der Waals surface area contributed by atoms with Crippen molar-refractivity contribution in [2.45, 2.75) is 39.2 Å². The van der Waals surface area contributed by atoms with Crippen molar-refractivity contribution in [1.29, 1.82) is 0 Å². The fraction of sp³-hybridized carbons (Fsp3) is 0.500. The molecular formula is C12H17N3O3. The van der Waals surface area contributed by atoms with Gasteiger partial charge in [0.25, 0.3) is 5.91 Å². The summed E-state index contributed by atoms with van der Waals surface area (Å²) < 4.78 is 0. The minimum Gasteiger partial charge on any atom is -0.480 e. The van der Waals surface area contributed by atoms with E-state index in [0.717, 1.165) is 0 Å². The molecule has 0 aliphatic rings. The maximum absolute atomic E-state index is 12.0. The van der Waals surface area contributed by atoms with Gasteiger partial charge in [-0.25, -0.2) is 14.8 Å². The highest BCUT2D eigenvalue weighted by Gasteiger charge is 2.21. The Balaban J connectivity index is 2.94. The van der Waals surface area contributed by atoms with E-state index >= 15 is 0 Å². The standard InChI is InChI=1S/C12H17N3O3/c1-4-9(12(17)18)15-11(16)8-5-13-6-14-10(8)7(2)3/h5-7,9H,4H2,1-3H3,(H,15,16)(H,17,18). The summed E-state index contributed by atoms with van der Waals surface area (Å²) in [7, 11) is 0. The normalized spacial score (nSPS) is 12.2. The van der Waals surface area contributed by atoms with E-state index < -0.39 is 17.9 Å². The molecule has 1 amide bonds. The van der Waals surface area contributed by atoms with Crippen molar-refractivity contribution < 1.29 is 14.7 Å². The van der Waals surface area contributed by atoms with E-state index in [1.54, 1.807) is 6.92 Å². The number of hydrogen-bond donors (Lipinski definition) is 2. The molecule has 0 radical (unpaired) electrons. The van der Waals surface area contributed by atoms with Crippen molar-refractivity contribution >= 4 is 11.9 Å². The summed E-state index contributed by atoms with van der Waals surface area (Å²) in [6.45, 7) is 5.52. The quantitative estimate of drug-likeness (QED) is 0.820. The lowest BCUT2D eigenvalue weighted by atomic mass is 10.0. The molecule has 1 unspecified atom stereocenters. The number of nitrogens with one attached hydrogen (secondary N) is 1. The molecule has 0 fully saturated rings. The Labute approximate surface area is 105 Å². The molecule has 6 nitrogen and oxygen atoms in total. The molecule has 0 saturated carbocycles. The zero-order valence-corrected chi connectivity index (χ0v) is 10.7. The fourth-order valence-electron chi connectivity index (χ4n) is 1.55. The van der Waals surface area contributed by atoms with Crippen LogP contribution in [-0.2, 0) is 4.79 Å². The summed E-state index contributed by atoms with van der Waals surface area (Å²) in [5, 5.41) is 11.4. The van der Waals surface area contributed by atoms with E-state index in [2.05, 4.69) is 15.3 Å².